The second kappa shape index (κ2) is 10.9. The van der Waals surface area contributed by atoms with Crippen molar-refractivity contribution in [2.45, 2.75) is 25.7 Å². The van der Waals surface area contributed by atoms with Gasteiger partial charge in [-0.05, 0) is 29.8 Å². The first-order valence-corrected chi connectivity index (χ1v) is 10.4. The molecule has 0 saturated heterocycles. The van der Waals surface area contributed by atoms with Crippen molar-refractivity contribution in [2.75, 3.05) is 13.2 Å². The van der Waals surface area contributed by atoms with E-state index in [-0.39, 0.29) is 11.1 Å². The van der Waals surface area contributed by atoms with Crippen LogP contribution in [0.3, 0.4) is 0 Å². The Morgan fingerprint density at radius 3 is 1.76 bits per heavy atom. The molecule has 0 fully saturated rings. The Morgan fingerprint density at radius 1 is 0.794 bits per heavy atom. The summed E-state index contributed by atoms with van der Waals surface area (Å²) in [6.45, 7) is 0.151. The number of halogens is 1. The Bertz CT molecular complexity index is 1070. The maximum absolute atomic E-state index is 13.3. The van der Waals surface area contributed by atoms with Gasteiger partial charge in [0.1, 0.15) is 13.2 Å². The van der Waals surface area contributed by atoms with E-state index in [0.29, 0.717) is 5.02 Å². The number of benzene rings is 2. The summed E-state index contributed by atoms with van der Waals surface area (Å²) in [6, 6.07) is 13.2. The van der Waals surface area contributed by atoms with Gasteiger partial charge in [0.25, 0.3) is 0 Å². The number of ketones is 1. The molecule has 10 heteroatoms. The molecule has 9 nitrogen and oxygen atoms in total. The summed E-state index contributed by atoms with van der Waals surface area (Å²) in [5.74, 6) is -6.13. The fourth-order valence-corrected chi connectivity index (χ4v) is 3.85. The van der Waals surface area contributed by atoms with Crippen molar-refractivity contribution in [1.82, 2.24) is 0 Å². The molecule has 180 valence electrons. The van der Waals surface area contributed by atoms with Crippen LogP contribution in [-0.2, 0) is 34.1 Å². The standard InChI is InChI=1S/C24H23ClO9/c1-15(26)33-13-23(18-6-4-3-5-7-18,12-20(28)17-8-10-19(25)11-9-17)24(21(29)30,22(31)32)14-34-16(2)27/h3-11H,12-14H2,1-2H3,(H,29,30)(H,31,32). The van der Waals surface area contributed by atoms with Gasteiger partial charge < -0.3 is 19.7 Å². The van der Waals surface area contributed by atoms with Crippen LogP contribution < -0.4 is 0 Å². The van der Waals surface area contributed by atoms with Crippen LogP contribution in [0.2, 0.25) is 5.02 Å². The van der Waals surface area contributed by atoms with E-state index >= 15 is 0 Å². The number of ether oxygens (including phenoxy) is 2. The minimum atomic E-state index is -2.89. The van der Waals surface area contributed by atoms with Crippen molar-refractivity contribution in [3.05, 3.63) is 70.7 Å². The van der Waals surface area contributed by atoms with Crippen molar-refractivity contribution in [2.24, 2.45) is 5.41 Å². The molecule has 0 heterocycles. The lowest BCUT2D eigenvalue weighted by atomic mass is 9.57. The monoisotopic (exact) mass is 490 g/mol. The first kappa shape index (κ1) is 26.5. The second-order valence-electron chi connectivity index (χ2n) is 7.63. The molecule has 0 spiro atoms. The molecular formula is C24H23ClO9. The van der Waals surface area contributed by atoms with Gasteiger partial charge in [-0.3, -0.25) is 24.0 Å². The Hall–Kier alpha value is -3.72. The summed E-state index contributed by atoms with van der Waals surface area (Å²) in [4.78, 5) is 62.0. The molecule has 2 N–H and O–H groups in total. The highest BCUT2D eigenvalue weighted by molar-refractivity contribution is 6.30. The van der Waals surface area contributed by atoms with Gasteiger partial charge in [-0.2, -0.15) is 0 Å². The number of rotatable bonds is 11. The number of esters is 2. The fourth-order valence-electron chi connectivity index (χ4n) is 3.72. The number of carbonyl (C=O) groups is 5. The van der Waals surface area contributed by atoms with E-state index in [2.05, 4.69) is 0 Å². The van der Waals surface area contributed by atoms with E-state index in [4.69, 9.17) is 21.1 Å². The Balaban J connectivity index is 2.85. The van der Waals surface area contributed by atoms with Gasteiger partial charge >= 0.3 is 23.9 Å². The molecule has 0 radical (unpaired) electrons. The minimum absolute atomic E-state index is 0.0931. The number of aliphatic carboxylic acids is 2. The van der Waals surface area contributed by atoms with Crippen LogP contribution in [0.5, 0.6) is 0 Å². The fraction of sp³-hybridized carbons (Fsp3) is 0.292. The van der Waals surface area contributed by atoms with Crippen molar-refractivity contribution in [3.8, 4) is 0 Å². The maximum atomic E-state index is 13.3. The average Bonchev–Trinajstić information content (AvgIpc) is 2.77. The Labute approximate surface area is 200 Å². The number of carbonyl (C=O) groups excluding carboxylic acids is 3. The van der Waals surface area contributed by atoms with Gasteiger partial charge in [-0.15, -0.1) is 0 Å². The zero-order valence-corrected chi connectivity index (χ0v) is 19.2. The molecule has 0 bridgehead atoms. The zero-order valence-electron chi connectivity index (χ0n) is 18.4. The molecular weight excluding hydrogens is 468 g/mol. The molecule has 0 aromatic heterocycles. The van der Waals surface area contributed by atoms with Gasteiger partial charge in [0.2, 0.25) is 5.41 Å². The molecule has 1 unspecified atom stereocenters. The average molecular weight is 491 g/mol. The minimum Gasteiger partial charge on any atom is -0.480 e. The molecule has 2 aromatic carbocycles. The zero-order chi connectivity index (χ0) is 25.5. The summed E-state index contributed by atoms with van der Waals surface area (Å²) in [6.07, 6.45) is -0.703. The van der Waals surface area contributed by atoms with Gasteiger partial charge in [0.05, 0.1) is 5.41 Å². The van der Waals surface area contributed by atoms with Gasteiger partial charge in [0, 0.05) is 30.9 Å². The third kappa shape index (κ3) is 5.43. The van der Waals surface area contributed by atoms with Crippen molar-refractivity contribution >= 4 is 41.3 Å². The Morgan fingerprint density at radius 2 is 1.29 bits per heavy atom. The lowest BCUT2D eigenvalue weighted by Crippen LogP contribution is -2.62. The van der Waals surface area contributed by atoms with E-state index in [1.54, 1.807) is 6.07 Å². The molecule has 0 amide bonds. The normalized spacial score (nSPS) is 12.8. The molecule has 1 atom stereocenters. The third-order valence-corrected chi connectivity index (χ3v) is 5.77. The predicted octanol–water partition coefficient (Wildman–Crippen LogP) is 3.13. The van der Waals surface area contributed by atoms with E-state index in [1.807, 2.05) is 0 Å². The van der Waals surface area contributed by atoms with E-state index in [9.17, 15) is 34.2 Å². The first-order chi connectivity index (χ1) is 16.0. The molecule has 2 aromatic rings. The molecule has 0 aliphatic carbocycles. The number of Topliss-reactive ketones (excluding diaryl/α,β-unsaturated/α-hetero) is 1. The first-order valence-electron chi connectivity index (χ1n) is 10.0. The molecule has 2 rings (SSSR count). The lowest BCUT2D eigenvalue weighted by molar-refractivity contribution is -0.183. The predicted molar refractivity (Wildman–Crippen MR) is 119 cm³/mol. The summed E-state index contributed by atoms with van der Waals surface area (Å²) in [5.41, 5.74) is -4.83. The summed E-state index contributed by atoms with van der Waals surface area (Å²) >= 11 is 5.88. The highest BCUT2D eigenvalue weighted by atomic mass is 35.5. The van der Waals surface area contributed by atoms with E-state index < -0.39 is 60.1 Å². The highest BCUT2D eigenvalue weighted by Crippen LogP contribution is 2.47. The topological polar surface area (TPSA) is 144 Å². The number of carboxylic acid groups (broad SMARTS) is 2. The van der Waals surface area contributed by atoms with Gasteiger partial charge in [0.15, 0.2) is 5.78 Å². The maximum Gasteiger partial charge on any atom is 0.325 e. The smallest absolute Gasteiger partial charge is 0.325 e. The van der Waals surface area contributed by atoms with Crippen LogP contribution in [0.1, 0.15) is 36.2 Å². The van der Waals surface area contributed by atoms with Crippen molar-refractivity contribution < 1.29 is 43.7 Å². The van der Waals surface area contributed by atoms with Gasteiger partial charge in [-0.25, -0.2) is 0 Å². The SMILES string of the molecule is CC(=O)OCC(C(=O)O)(C(=O)O)C(COC(C)=O)(CC(=O)c1ccc(Cl)cc1)c1ccccc1. The second-order valence-corrected chi connectivity index (χ2v) is 8.07. The lowest BCUT2D eigenvalue weighted by Gasteiger charge is -2.44. The molecule has 0 aliphatic rings. The molecule has 0 aliphatic heterocycles. The third-order valence-electron chi connectivity index (χ3n) is 5.52. The molecule has 34 heavy (non-hydrogen) atoms. The number of carboxylic acids is 2. The quantitative estimate of drug-likeness (QED) is 0.275. The Kier molecular flexibility index (Phi) is 8.53. The van der Waals surface area contributed by atoms with Crippen LogP contribution in [0.15, 0.2) is 54.6 Å². The summed E-state index contributed by atoms with van der Waals surface area (Å²) in [5, 5.41) is 20.8. The van der Waals surface area contributed by atoms with Gasteiger partial charge in [-0.1, -0.05) is 41.9 Å². The number of hydrogen-bond acceptors (Lipinski definition) is 7. The van der Waals surface area contributed by atoms with Crippen LogP contribution in [0.4, 0.5) is 0 Å². The van der Waals surface area contributed by atoms with Crippen LogP contribution in [0, 0.1) is 5.41 Å². The molecule has 0 saturated carbocycles. The highest BCUT2D eigenvalue weighted by Gasteiger charge is 2.65. The van der Waals surface area contributed by atoms with Crippen LogP contribution in [0.25, 0.3) is 0 Å². The van der Waals surface area contributed by atoms with Crippen molar-refractivity contribution in [1.29, 1.82) is 0 Å². The number of hydrogen-bond donors (Lipinski definition) is 2. The van der Waals surface area contributed by atoms with Crippen LogP contribution >= 0.6 is 11.6 Å². The van der Waals surface area contributed by atoms with E-state index in [0.717, 1.165) is 13.8 Å². The van der Waals surface area contributed by atoms with Crippen molar-refractivity contribution in [3.63, 3.8) is 0 Å². The largest absolute Gasteiger partial charge is 0.480 e. The van der Waals surface area contributed by atoms with Crippen LogP contribution in [-0.4, -0.2) is 53.1 Å². The summed E-state index contributed by atoms with van der Waals surface area (Å²) in [7, 11) is 0. The summed E-state index contributed by atoms with van der Waals surface area (Å²) < 4.78 is 10.0. The van der Waals surface area contributed by atoms with E-state index in [1.165, 1.54) is 48.5 Å².